The van der Waals surface area contributed by atoms with E-state index in [0.717, 1.165) is 40.4 Å². The highest BCUT2D eigenvalue weighted by atomic mass is 35.5. The van der Waals surface area contributed by atoms with Crippen LogP contribution in [0.15, 0.2) is 103 Å². The Kier molecular flexibility index (Phi) is 10.8. The number of benzene rings is 4. The van der Waals surface area contributed by atoms with Crippen molar-refractivity contribution >= 4 is 48.1 Å². The van der Waals surface area contributed by atoms with Gasteiger partial charge in [0.2, 0.25) is 5.91 Å². The van der Waals surface area contributed by atoms with E-state index in [1.54, 1.807) is 12.0 Å². The summed E-state index contributed by atoms with van der Waals surface area (Å²) in [5.74, 6) is 0.246. The largest absolute Gasteiger partial charge is 0.497 e. The number of aliphatic hydroxyl groups excluding tert-OH is 1. The quantitative estimate of drug-likeness (QED) is 0.151. The van der Waals surface area contributed by atoms with E-state index in [-0.39, 0.29) is 41.9 Å². The highest BCUT2D eigenvalue weighted by molar-refractivity contribution is 6.91. The fourth-order valence-electron chi connectivity index (χ4n) is 9.45. The number of nitrogens with zero attached hydrogens (tertiary/aromatic N) is 5. The second kappa shape index (κ2) is 15.8. The maximum absolute atomic E-state index is 15.3. The number of hydrogen-bond donors (Lipinski definition) is 2. The van der Waals surface area contributed by atoms with E-state index in [1.807, 2.05) is 101 Å². The summed E-state index contributed by atoms with van der Waals surface area (Å²) in [6, 6.07) is 31.8. The lowest BCUT2D eigenvalue weighted by atomic mass is 9.82. The minimum absolute atomic E-state index is 0.0231. The third-order valence-corrected chi connectivity index (χ3v) is 17.0. The second-order valence-corrected chi connectivity index (χ2v) is 21.1. The number of amides is 2. The molecule has 3 aliphatic heterocycles. The van der Waals surface area contributed by atoms with E-state index in [1.165, 1.54) is 5.19 Å². The minimum Gasteiger partial charge on any atom is -0.497 e. The van der Waals surface area contributed by atoms with Crippen molar-refractivity contribution in [2.24, 2.45) is 5.92 Å². The van der Waals surface area contributed by atoms with Crippen molar-refractivity contribution in [2.75, 3.05) is 43.2 Å². The van der Waals surface area contributed by atoms with E-state index < -0.39 is 13.7 Å². The number of fused-ring (bicyclic) bond motifs is 2. The first-order valence-corrected chi connectivity index (χ1v) is 23.1. The first-order valence-electron chi connectivity index (χ1n) is 19.7. The fourth-order valence-corrected chi connectivity index (χ4v) is 13.7. The predicted molar refractivity (Wildman–Crippen MR) is 224 cm³/mol. The Bertz CT molecular complexity index is 2240. The highest BCUT2D eigenvalue weighted by Crippen LogP contribution is 2.60. The molecule has 57 heavy (non-hydrogen) atoms. The van der Waals surface area contributed by atoms with Gasteiger partial charge in [-0.3, -0.25) is 14.3 Å². The molecular formula is C44H49ClN6O5Si. The Morgan fingerprint density at radius 2 is 1.79 bits per heavy atom. The zero-order valence-electron chi connectivity index (χ0n) is 32.8. The standard InChI is InChI=1S/C44H49ClN6O5Si/c1-29-42(57(3,4)35-17-15-34(55-2)16-18-35)40(20-22-49-27-38(47-48-49)36(28-52)31-8-6-5-7-9-31)56-44(29)37-24-32(45)12-19-39(37)51(43(44)54)26-30-10-13-33(14-11-30)50-23-21-46-25-41(50)53/h5-19,24,27,29,36,40,42,46,52H,20-23,25-26,28H2,1-4H3/t29-,36?,40+,42-,44+/m0/s1. The van der Waals surface area contributed by atoms with Gasteiger partial charge in [0.25, 0.3) is 5.91 Å². The van der Waals surface area contributed by atoms with Crippen molar-refractivity contribution in [1.29, 1.82) is 0 Å². The van der Waals surface area contributed by atoms with Crippen LogP contribution in [-0.2, 0) is 33.0 Å². The first kappa shape index (κ1) is 39.0. The SMILES string of the molecule is COc1ccc([Si](C)(C)[C@@H]2[C@@H](CCn3cc(C(CO)c4ccccc4)nn3)O[C@]3(C(=O)N(Cc4ccc(N5CCNCC5=O)cc4)c4ccc(Cl)cc43)[C@H]2C)cc1. The van der Waals surface area contributed by atoms with E-state index in [4.69, 9.17) is 21.1 Å². The van der Waals surface area contributed by atoms with Crippen LogP contribution in [0.3, 0.4) is 0 Å². The lowest BCUT2D eigenvalue weighted by Crippen LogP contribution is -2.51. The molecule has 11 nitrogen and oxygen atoms in total. The Morgan fingerprint density at radius 1 is 1.04 bits per heavy atom. The van der Waals surface area contributed by atoms with Crippen LogP contribution in [0.5, 0.6) is 5.75 Å². The lowest BCUT2D eigenvalue weighted by Gasteiger charge is -2.37. The smallest absolute Gasteiger partial charge is 0.264 e. The molecule has 13 heteroatoms. The number of anilines is 2. The number of aryl methyl sites for hydroxylation is 1. The summed E-state index contributed by atoms with van der Waals surface area (Å²) in [7, 11) is -0.720. The number of hydrogen-bond acceptors (Lipinski definition) is 8. The first-order chi connectivity index (χ1) is 27.5. The van der Waals surface area contributed by atoms with Crippen LogP contribution in [0, 0.1) is 5.92 Å². The van der Waals surface area contributed by atoms with Crippen LogP contribution in [0.2, 0.25) is 23.7 Å². The van der Waals surface area contributed by atoms with Crippen molar-refractivity contribution < 1.29 is 24.2 Å². The normalized spacial score (nSPS) is 22.7. The number of ether oxygens (including phenoxy) is 2. The number of carbonyl (C=O) groups excluding carboxylic acids is 2. The summed E-state index contributed by atoms with van der Waals surface area (Å²) in [5.41, 5.74) is 3.80. The van der Waals surface area contributed by atoms with Gasteiger partial charge in [-0.05, 0) is 65.6 Å². The predicted octanol–water partition coefficient (Wildman–Crippen LogP) is 5.85. The van der Waals surface area contributed by atoms with Gasteiger partial charge in [-0.25, -0.2) is 0 Å². The van der Waals surface area contributed by atoms with Gasteiger partial charge in [-0.1, -0.05) is 96.6 Å². The molecule has 2 fully saturated rings. The zero-order valence-corrected chi connectivity index (χ0v) is 34.5. The third-order valence-electron chi connectivity index (χ3n) is 12.4. The van der Waals surface area contributed by atoms with E-state index >= 15 is 4.79 Å². The molecule has 0 saturated carbocycles. The molecule has 3 aliphatic rings. The van der Waals surface area contributed by atoms with Crippen LogP contribution in [0.4, 0.5) is 11.4 Å². The Hall–Kier alpha value is -4.85. The van der Waals surface area contributed by atoms with Crippen molar-refractivity contribution in [2.45, 2.75) is 62.7 Å². The van der Waals surface area contributed by atoms with Gasteiger partial charge in [-0.2, -0.15) is 0 Å². The summed E-state index contributed by atoms with van der Waals surface area (Å²) in [5, 5.41) is 24.2. The Morgan fingerprint density at radius 3 is 2.49 bits per heavy atom. The van der Waals surface area contributed by atoms with Gasteiger partial charge in [0, 0.05) is 48.0 Å². The van der Waals surface area contributed by atoms with Crippen molar-refractivity contribution in [1.82, 2.24) is 20.3 Å². The van der Waals surface area contributed by atoms with Crippen molar-refractivity contribution in [3.8, 4) is 5.75 Å². The number of halogens is 1. The summed E-state index contributed by atoms with van der Waals surface area (Å²) in [6.45, 7) is 9.35. The number of methoxy groups -OCH3 is 1. The van der Waals surface area contributed by atoms with Crippen LogP contribution in [0.1, 0.15) is 41.6 Å². The number of piperazine rings is 1. The lowest BCUT2D eigenvalue weighted by molar-refractivity contribution is -0.146. The number of aliphatic hydroxyl groups is 1. The third kappa shape index (κ3) is 7.07. The molecular weight excluding hydrogens is 756 g/mol. The second-order valence-electron chi connectivity index (χ2n) is 15.9. The van der Waals surface area contributed by atoms with Gasteiger partial charge in [-0.15, -0.1) is 5.10 Å². The molecule has 1 aromatic heterocycles. The van der Waals surface area contributed by atoms with Crippen LogP contribution in [-0.4, -0.2) is 79.4 Å². The molecule has 5 atom stereocenters. The molecule has 2 amide bonds. The fraction of sp³-hybridized carbons (Fsp3) is 0.364. The number of rotatable bonds is 12. The minimum atomic E-state index is -2.39. The molecule has 0 bridgehead atoms. The molecule has 1 spiro atoms. The van der Waals surface area contributed by atoms with E-state index in [9.17, 15) is 9.90 Å². The van der Waals surface area contributed by atoms with Gasteiger partial charge in [0.15, 0.2) is 5.60 Å². The number of aromatic nitrogens is 3. The van der Waals surface area contributed by atoms with Gasteiger partial charge < -0.3 is 29.7 Å². The molecule has 2 saturated heterocycles. The Labute approximate surface area is 339 Å². The van der Waals surface area contributed by atoms with Crippen molar-refractivity contribution in [3.05, 3.63) is 131 Å². The monoisotopic (exact) mass is 804 g/mol. The molecule has 0 aliphatic carbocycles. The molecule has 5 aromatic rings. The summed E-state index contributed by atoms with van der Waals surface area (Å²) in [6.07, 6.45) is 2.20. The van der Waals surface area contributed by atoms with Crippen LogP contribution in [0.25, 0.3) is 0 Å². The number of carbonyl (C=O) groups is 2. The summed E-state index contributed by atoms with van der Waals surface area (Å²) >= 11 is 6.74. The molecule has 4 heterocycles. The maximum Gasteiger partial charge on any atom is 0.264 e. The molecule has 296 valence electrons. The van der Waals surface area contributed by atoms with Gasteiger partial charge >= 0.3 is 0 Å². The van der Waals surface area contributed by atoms with Crippen LogP contribution >= 0.6 is 11.6 Å². The molecule has 8 rings (SSSR count). The highest BCUT2D eigenvalue weighted by Gasteiger charge is 2.66. The molecule has 0 radical (unpaired) electrons. The summed E-state index contributed by atoms with van der Waals surface area (Å²) < 4.78 is 14.7. The average Bonchev–Trinajstić information content (AvgIpc) is 3.88. The topological polar surface area (TPSA) is 122 Å². The zero-order chi connectivity index (χ0) is 39.9. The number of nitrogens with one attached hydrogen (secondary N) is 1. The maximum atomic E-state index is 15.3. The average molecular weight is 805 g/mol. The van der Waals surface area contributed by atoms with Gasteiger partial charge in [0.05, 0.1) is 58.3 Å². The van der Waals surface area contributed by atoms with Crippen LogP contribution < -0.4 is 25.0 Å². The van der Waals surface area contributed by atoms with E-state index in [2.05, 4.69) is 47.8 Å². The van der Waals surface area contributed by atoms with Crippen molar-refractivity contribution in [3.63, 3.8) is 0 Å². The summed E-state index contributed by atoms with van der Waals surface area (Å²) in [4.78, 5) is 31.5. The Balaban J connectivity index is 1.12. The molecule has 4 aromatic carbocycles. The molecule has 1 unspecified atom stereocenters. The molecule has 2 N–H and O–H groups in total. The van der Waals surface area contributed by atoms with E-state index in [0.29, 0.717) is 43.3 Å². The van der Waals surface area contributed by atoms with Gasteiger partial charge in [0.1, 0.15) is 5.75 Å².